The Hall–Kier alpha value is -2.89. The summed E-state index contributed by atoms with van der Waals surface area (Å²) in [6, 6.07) is 12.9. The first-order valence-corrected chi connectivity index (χ1v) is 9.43. The van der Waals surface area contributed by atoms with Crippen LogP contribution in [-0.4, -0.2) is 36.4 Å². The maximum atomic E-state index is 14.0. The van der Waals surface area contributed by atoms with E-state index in [0.717, 1.165) is 5.56 Å². The third kappa shape index (κ3) is 5.55. The molecule has 150 valence electrons. The fraction of sp³-hybridized carbons (Fsp3) is 0.364. The number of carbonyl (C=O) groups is 2. The number of nitrogens with one attached hydrogen (secondary N) is 1. The van der Waals surface area contributed by atoms with Crippen molar-refractivity contribution < 1.29 is 18.7 Å². The summed E-state index contributed by atoms with van der Waals surface area (Å²) in [7, 11) is 1.58. The molecule has 0 bridgehead atoms. The summed E-state index contributed by atoms with van der Waals surface area (Å²) in [5.41, 5.74) is 1.18. The van der Waals surface area contributed by atoms with Crippen molar-refractivity contribution in [2.75, 3.05) is 13.7 Å². The highest BCUT2D eigenvalue weighted by molar-refractivity contribution is 5.88. The molecule has 0 fully saturated rings. The van der Waals surface area contributed by atoms with E-state index in [1.54, 1.807) is 25.3 Å². The van der Waals surface area contributed by atoms with E-state index in [4.69, 9.17) is 4.74 Å². The lowest BCUT2D eigenvalue weighted by atomic mass is 10.1. The van der Waals surface area contributed by atoms with E-state index in [-0.39, 0.29) is 24.8 Å². The summed E-state index contributed by atoms with van der Waals surface area (Å²) in [5, 5.41) is 2.78. The van der Waals surface area contributed by atoms with E-state index in [1.165, 1.54) is 11.0 Å². The number of nitrogens with zero attached hydrogens (tertiary/aromatic N) is 1. The molecule has 0 aliphatic heterocycles. The molecule has 0 saturated heterocycles. The van der Waals surface area contributed by atoms with Gasteiger partial charge in [-0.25, -0.2) is 4.39 Å². The number of amides is 2. The zero-order valence-electron chi connectivity index (χ0n) is 16.6. The molecule has 5 nitrogen and oxygen atoms in total. The van der Waals surface area contributed by atoms with Gasteiger partial charge in [-0.1, -0.05) is 37.3 Å². The first-order chi connectivity index (χ1) is 13.5. The molecule has 0 spiro atoms. The minimum atomic E-state index is -0.624. The van der Waals surface area contributed by atoms with Crippen LogP contribution >= 0.6 is 0 Å². The van der Waals surface area contributed by atoms with Gasteiger partial charge in [-0.05, 0) is 42.7 Å². The topological polar surface area (TPSA) is 58.6 Å². The van der Waals surface area contributed by atoms with Crippen LogP contribution < -0.4 is 10.1 Å². The molecule has 6 heteroatoms. The SMILES string of the molecule is CCNC(=O)[C@@H](CC)N(Cc1ccc(OC)cc1)C(=O)Cc1ccccc1F. The van der Waals surface area contributed by atoms with Gasteiger partial charge in [0, 0.05) is 13.1 Å². The molecule has 0 unspecified atom stereocenters. The summed E-state index contributed by atoms with van der Waals surface area (Å²) in [5.74, 6) is -0.213. The van der Waals surface area contributed by atoms with Crippen LogP contribution in [0.2, 0.25) is 0 Å². The standard InChI is InChI=1S/C22H27FN2O3/c1-4-20(22(27)24-5-2)25(15-16-10-12-18(28-3)13-11-16)21(26)14-17-8-6-7-9-19(17)23/h6-13,20H,4-5,14-15H2,1-3H3,(H,24,27)/t20-/m1/s1. The van der Waals surface area contributed by atoms with Crippen LogP contribution in [0.4, 0.5) is 4.39 Å². The zero-order chi connectivity index (χ0) is 20.5. The Morgan fingerprint density at radius 1 is 1.11 bits per heavy atom. The van der Waals surface area contributed by atoms with Gasteiger partial charge < -0.3 is 15.0 Å². The van der Waals surface area contributed by atoms with Gasteiger partial charge in [0.15, 0.2) is 0 Å². The van der Waals surface area contributed by atoms with Crippen molar-refractivity contribution in [3.05, 3.63) is 65.5 Å². The maximum absolute atomic E-state index is 14.0. The third-order valence-electron chi connectivity index (χ3n) is 4.55. The monoisotopic (exact) mass is 386 g/mol. The quantitative estimate of drug-likeness (QED) is 0.719. The average Bonchev–Trinajstić information content (AvgIpc) is 2.70. The van der Waals surface area contributed by atoms with Crippen molar-refractivity contribution in [3.63, 3.8) is 0 Å². The summed E-state index contributed by atoms with van der Waals surface area (Å²) < 4.78 is 19.2. The second-order valence-electron chi connectivity index (χ2n) is 6.46. The van der Waals surface area contributed by atoms with Crippen LogP contribution in [0.15, 0.2) is 48.5 Å². The molecule has 2 rings (SSSR count). The van der Waals surface area contributed by atoms with Gasteiger partial charge in [0.2, 0.25) is 11.8 Å². The first kappa shape index (κ1) is 21.4. The highest BCUT2D eigenvalue weighted by atomic mass is 19.1. The third-order valence-corrected chi connectivity index (χ3v) is 4.55. The van der Waals surface area contributed by atoms with E-state index >= 15 is 0 Å². The number of hydrogen-bond acceptors (Lipinski definition) is 3. The Morgan fingerprint density at radius 3 is 2.36 bits per heavy atom. The van der Waals surface area contributed by atoms with Gasteiger partial charge in [-0.15, -0.1) is 0 Å². The predicted molar refractivity (Wildman–Crippen MR) is 106 cm³/mol. The van der Waals surface area contributed by atoms with Crippen LogP contribution in [0.25, 0.3) is 0 Å². The van der Waals surface area contributed by atoms with Gasteiger partial charge in [-0.2, -0.15) is 0 Å². The van der Waals surface area contributed by atoms with Crippen LogP contribution in [0, 0.1) is 5.82 Å². The van der Waals surface area contributed by atoms with Gasteiger partial charge in [-0.3, -0.25) is 9.59 Å². The summed E-state index contributed by atoms with van der Waals surface area (Å²) in [6.07, 6.45) is 0.365. The van der Waals surface area contributed by atoms with E-state index < -0.39 is 11.9 Å². The van der Waals surface area contributed by atoms with Gasteiger partial charge in [0.1, 0.15) is 17.6 Å². The van der Waals surface area contributed by atoms with Crippen molar-refractivity contribution in [3.8, 4) is 5.75 Å². The van der Waals surface area contributed by atoms with E-state index in [9.17, 15) is 14.0 Å². The Bertz CT molecular complexity index is 793. The zero-order valence-corrected chi connectivity index (χ0v) is 16.6. The largest absolute Gasteiger partial charge is 0.497 e. The van der Waals surface area contributed by atoms with Crippen LogP contribution in [-0.2, 0) is 22.6 Å². The Balaban J connectivity index is 2.29. The van der Waals surface area contributed by atoms with E-state index in [2.05, 4.69) is 5.32 Å². The van der Waals surface area contributed by atoms with Crippen molar-refractivity contribution >= 4 is 11.8 Å². The fourth-order valence-electron chi connectivity index (χ4n) is 3.05. The van der Waals surface area contributed by atoms with Crippen molar-refractivity contribution in [1.29, 1.82) is 0 Å². The molecule has 28 heavy (non-hydrogen) atoms. The van der Waals surface area contributed by atoms with E-state index in [1.807, 2.05) is 38.1 Å². The number of ether oxygens (including phenoxy) is 1. The number of halogens is 1. The predicted octanol–water partition coefficient (Wildman–Crippen LogP) is 3.32. The smallest absolute Gasteiger partial charge is 0.242 e. The van der Waals surface area contributed by atoms with Crippen molar-refractivity contribution in [2.45, 2.75) is 39.3 Å². The molecule has 2 aromatic carbocycles. The Morgan fingerprint density at radius 2 is 1.79 bits per heavy atom. The molecule has 1 atom stereocenters. The molecule has 2 amide bonds. The Labute approximate surface area is 165 Å². The van der Waals surface area contributed by atoms with Crippen molar-refractivity contribution in [2.24, 2.45) is 0 Å². The second kappa shape index (κ2) is 10.4. The highest BCUT2D eigenvalue weighted by Gasteiger charge is 2.28. The first-order valence-electron chi connectivity index (χ1n) is 9.43. The number of likely N-dealkylation sites (N-methyl/N-ethyl adjacent to an activating group) is 1. The molecule has 1 N–H and O–H groups in total. The lowest BCUT2D eigenvalue weighted by molar-refractivity contribution is -0.140. The molecule has 0 heterocycles. The number of carbonyl (C=O) groups excluding carboxylic acids is 2. The van der Waals surface area contributed by atoms with Crippen LogP contribution in [0.1, 0.15) is 31.4 Å². The normalized spacial score (nSPS) is 11.6. The summed E-state index contributed by atoms with van der Waals surface area (Å²) in [4.78, 5) is 27.1. The number of methoxy groups -OCH3 is 1. The van der Waals surface area contributed by atoms with Gasteiger partial charge >= 0.3 is 0 Å². The molecule has 0 aliphatic carbocycles. The highest BCUT2D eigenvalue weighted by Crippen LogP contribution is 2.18. The summed E-state index contributed by atoms with van der Waals surface area (Å²) >= 11 is 0. The van der Waals surface area contributed by atoms with Gasteiger partial charge in [0.05, 0.1) is 13.5 Å². The number of rotatable bonds is 9. The molecule has 0 aliphatic rings. The maximum Gasteiger partial charge on any atom is 0.242 e. The minimum Gasteiger partial charge on any atom is -0.497 e. The minimum absolute atomic E-state index is 0.0985. The second-order valence-corrected chi connectivity index (χ2v) is 6.46. The molecule has 0 radical (unpaired) electrons. The van der Waals surface area contributed by atoms with Crippen LogP contribution in [0.3, 0.4) is 0 Å². The molecule has 0 aromatic heterocycles. The molecular weight excluding hydrogens is 359 g/mol. The van der Waals surface area contributed by atoms with Gasteiger partial charge in [0.25, 0.3) is 0 Å². The Kier molecular flexibility index (Phi) is 7.99. The molecule has 2 aromatic rings. The molecular formula is C22H27FN2O3. The number of hydrogen-bond donors (Lipinski definition) is 1. The average molecular weight is 386 g/mol. The summed E-state index contributed by atoms with van der Waals surface area (Å²) in [6.45, 7) is 4.43. The fourth-order valence-corrected chi connectivity index (χ4v) is 3.05. The lowest BCUT2D eigenvalue weighted by Crippen LogP contribution is -2.49. The number of benzene rings is 2. The lowest BCUT2D eigenvalue weighted by Gasteiger charge is -2.30. The van der Waals surface area contributed by atoms with E-state index in [0.29, 0.717) is 24.3 Å². The molecule has 0 saturated carbocycles. The van der Waals surface area contributed by atoms with Crippen LogP contribution in [0.5, 0.6) is 5.75 Å². The van der Waals surface area contributed by atoms with Crippen molar-refractivity contribution in [1.82, 2.24) is 10.2 Å².